The third-order valence-corrected chi connectivity index (χ3v) is 3.97. The highest BCUT2D eigenvalue weighted by molar-refractivity contribution is 7.87. The number of rotatable bonds is 4. The van der Waals surface area contributed by atoms with E-state index in [1.165, 1.54) is 17.8 Å². The van der Waals surface area contributed by atoms with Gasteiger partial charge >= 0.3 is 15.6 Å². The summed E-state index contributed by atoms with van der Waals surface area (Å²) in [7, 11) is -4.14. The van der Waals surface area contributed by atoms with Crippen molar-refractivity contribution in [2.75, 3.05) is 13.1 Å². The Hall–Kier alpha value is -1.29. The van der Waals surface area contributed by atoms with Crippen molar-refractivity contribution in [2.45, 2.75) is 24.9 Å². The average molecular weight is 313 g/mol. The Kier molecular flexibility index (Phi) is 3.96. The topological polar surface area (TPSA) is 64.4 Å². The van der Waals surface area contributed by atoms with E-state index in [0.29, 0.717) is 12.2 Å². The van der Waals surface area contributed by atoms with Crippen molar-refractivity contribution < 1.29 is 25.8 Å². The molecular formula is C10H14F3N3O3S. The molecule has 0 aromatic carbocycles. The maximum Gasteiger partial charge on any atom is 0.534 e. The molecule has 1 fully saturated rings. The molecule has 0 bridgehead atoms. The molecule has 0 amide bonds. The zero-order chi connectivity index (χ0) is 15.0. The van der Waals surface area contributed by atoms with E-state index in [0.717, 1.165) is 25.9 Å². The van der Waals surface area contributed by atoms with Crippen molar-refractivity contribution in [1.29, 1.82) is 0 Å². The summed E-state index contributed by atoms with van der Waals surface area (Å²) in [5, 5.41) is 3.64. The van der Waals surface area contributed by atoms with E-state index in [1.54, 1.807) is 0 Å². The summed E-state index contributed by atoms with van der Waals surface area (Å²) >= 11 is 0. The first-order chi connectivity index (χ1) is 9.19. The van der Waals surface area contributed by atoms with Crippen LogP contribution in [0.3, 0.4) is 0 Å². The van der Waals surface area contributed by atoms with Crippen molar-refractivity contribution in [3.8, 4) is 5.88 Å². The Balaban J connectivity index is 2.11. The number of nitrogens with zero attached hydrogens (tertiary/aromatic N) is 3. The SMILES string of the molecule is Cn1nc(OS(=O)(=O)C(F)(F)F)cc1CN1CCCC1. The van der Waals surface area contributed by atoms with Crippen molar-refractivity contribution in [1.82, 2.24) is 14.7 Å². The molecule has 10 heteroatoms. The minimum atomic E-state index is -5.67. The number of likely N-dealkylation sites (tertiary alicyclic amines) is 1. The van der Waals surface area contributed by atoms with E-state index in [4.69, 9.17) is 0 Å². The van der Waals surface area contributed by atoms with E-state index in [-0.39, 0.29) is 0 Å². The Labute approximate surface area is 114 Å². The van der Waals surface area contributed by atoms with Gasteiger partial charge in [-0.05, 0) is 25.9 Å². The summed E-state index contributed by atoms with van der Waals surface area (Å²) in [6, 6.07) is 1.21. The van der Waals surface area contributed by atoms with Crippen LogP contribution in [-0.4, -0.2) is 41.7 Å². The molecule has 0 unspecified atom stereocenters. The number of aryl methyl sites for hydroxylation is 1. The van der Waals surface area contributed by atoms with Gasteiger partial charge in [-0.25, -0.2) is 0 Å². The highest BCUT2D eigenvalue weighted by Crippen LogP contribution is 2.26. The molecule has 0 saturated carbocycles. The van der Waals surface area contributed by atoms with Crippen LogP contribution in [0.25, 0.3) is 0 Å². The number of hydrogen-bond acceptors (Lipinski definition) is 5. The van der Waals surface area contributed by atoms with Gasteiger partial charge in [-0.1, -0.05) is 0 Å². The van der Waals surface area contributed by atoms with E-state index in [9.17, 15) is 21.6 Å². The van der Waals surface area contributed by atoms with Crippen LogP contribution < -0.4 is 4.18 Å². The normalized spacial score (nSPS) is 17.6. The fraction of sp³-hybridized carbons (Fsp3) is 0.700. The van der Waals surface area contributed by atoms with Crippen LogP contribution in [0.2, 0.25) is 0 Å². The quantitative estimate of drug-likeness (QED) is 0.618. The lowest BCUT2D eigenvalue weighted by Crippen LogP contribution is -2.28. The van der Waals surface area contributed by atoms with Gasteiger partial charge in [-0.15, -0.1) is 5.10 Å². The van der Waals surface area contributed by atoms with Crippen molar-refractivity contribution in [3.05, 3.63) is 11.8 Å². The Morgan fingerprint density at radius 2 is 1.95 bits per heavy atom. The summed E-state index contributed by atoms with van der Waals surface area (Å²) in [5.41, 5.74) is -4.86. The van der Waals surface area contributed by atoms with Gasteiger partial charge in [0.15, 0.2) is 0 Å². The largest absolute Gasteiger partial charge is 0.534 e. The third kappa shape index (κ3) is 3.23. The van der Waals surface area contributed by atoms with Gasteiger partial charge in [-0.2, -0.15) is 21.6 Å². The van der Waals surface area contributed by atoms with Crippen LogP contribution in [-0.2, 0) is 23.7 Å². The number of hydrogen-bond donors (Lipinski definition) is 0. The van der Waals surface area contributed by atoms with E-state index >= 15 is 0 Å². The summed E-state index contributed by atoms with van der Waals surface area (Å²) in [6.45, 7) is 2.31. The van der Waals surface area contributed by atoms with E-state index in [1.807, 2.05) is 0 Å². The molecule has 1 aliphatic rings. The van der Waals surface area contributed by atoms with Gasteiger partial charge in [-0.3, -0.25) is 9.58 Å². The molecule has 0 spiro atoms. The fourth-order valence-electron chi connectivity index (χ4n) is 2.00. The molecule has 1 aromatic rings. The maximum absolute atomic E-state index is 12.2. The van der Waals surface area contributed by atoms with Gasteiger partial charge < -0.3 is 4.18 Å². The van der Waals surface area contributed by atoms with Crippen LogP contribution in [0.4, 0.5) is 13.2 Å². The highest BCUT2D eigenvalue weighted by Gasteiger charge is 2.49. The molecule has 1 aliphatic heterocycles. The monoisotopic (exact) mass is 313 g/mol. The van der Waals surface area contributed by atoms with E-state index in [2.05, 4.69) is 14.2 Å². The minimum Gasteiger partial charge on any atom is -0.354 e. The van der Waals surface area contributed by atoms with Gasteiger partial charge in [0, 0.05) is 19.7 Å². The van der Waals surface area contributed by atoms with Gasteiger partial charge in [0.2, 0.25) is 0 Å². The zero-order valence-electron chi connectivity index (χ0n) is 10.7. The number of alkyl halides is 3. The van der Waals surface area contributed by atoms with Crippen molar-refractivity contribution in [3.63, 3.8) is 0 Å². The lowest BCUT2D eigenvalue weighted by molar-refractivity contribution is -0.0501. The predicted octanol–water partition coefficient (Wildman–Crippen LogP) is 1.24. The molecule has 0 radical (unpaired) electrons. The van der Waals surface area contributed by atoms with Crippen molar-refractivity contribution in [2.24, 2.45) is 7.05 Å². The average Bonchev–Trinajstić information content (AvgIpc) is 2.88. The van der Waals surface area contributed by atoms with Gasteiger partial charge in [0.1, 0.15) is 0 Å². The number of halogens is 3. The second kappa shape index (κ2) is 5.24. The molecule has 2 heterocycles. The van der Waals surface area contributed by atoms with Crippen LogP contribution in [0.5, 0.6) is 5.88 Å². The highest BCUT2D eigenvalue weighted by atomic mass is 32.2. The first-order valence-electron chi connectivity index (χ1n) is 5.95. The predicted molar refractivity (Wildman–Crippen MR) is 63.3 cm³/mol. The molecule has 0 atom stereocenters. The van der Waals surface area contributed by atoms with Crippen LogP contribution in [0.1, 0.15) is 18.5 Å². The third-order valence-electron chi connectivity index (χ3n) is 3.02. The molecule has 1 aromatic heterocycles. The second-order valence-corrected chi connectivity index (χ2v) is 6.10. The number of aromatic nitrogens is 2. The van der Waals surface area contributed by atoms with Crippen LogP contribution in [0, 0.1) is 0 Å². The summed E-state index contributed by atoms with van der Waals surface area (Å²) in [5.74, 6) is -0.570. The second-order valence-electron chi connectivity index (χ2n) is 4.56. The molecule has 0 aliphatic carbocycles. The molecule has 0 N–H and O–H groups in total. The summed E-state index contributed by atoms with van der Waals surface area (Å²) < 4.78 is 63.7. The van der Waals surface area contributed by atoms with Crippen LogP contribution >= 0.6 is 0 Å². The fourth-order valence-corrected chi connectivity index (χ4v) is 2.40. The Morgan fingerprint density at radius 1 is 1.35 bits per heavy atom. The molecule has 2 rings (SSSR count). The van der Waals surface area contributed by atoms with Gasteiger partial charge in [0.25, 0.3) is 5.88 Å². The smallest absolute Gasteiger partial charge is 0.354 e. The Bertz CT molecular complexity index is 576. The Morgan fingerprint density at radius 3 is 2.50 bits per heavy atom. The van der Waals surface area contributed by atoms with E-state index < -0.39 is 21.5 Å². The first-order valence-corrected chi connectivity index (χ1v) is 7.36. The molecule has 114 valence electrons. The summed E-state index contributed by atoms with van der Waals surface area (Å²) in [6.07, 6.45) is 2.15. The molecule has 1 saturated heterocycles. The van der Waals surface area contributed by atoms with Crippen molar-refractivity contribution >= 4 is 10.1 Å². The summed E-state index contributed by atoms with van der Waals surface area (Å²) in [4.78, 5) is 2.11. The molecule has 20 heavy (non-hydrogen) atoms. The lowest BCUT2D eigenvalue weighted by Gasteiger charge is -2.13. The maximum atomic E-state index is 12.2. The first kappa shape index (κ1) is 15.1. The standard InChI is InChI=1S/C10H14F3N3O3S/c1-15-8(7-16-4-2-3-5-16)6-9(14-15)19-20(17,18)10(11,12)13/h6H,2-5,7H2,1H3. The van der Waals surface area contributed by atoms with Crippen LogP contribution in [0.15, 0.2) is 6.07 Å². The lowest BCUT2D eigenvalue weighted by atomic mass is 10.4. The van der Waals surface area contributed by atoms with Gasteiger partial charge in [0.05, 0.1) is 5.69 Å². The molecular weight excluding hydrogens is 299 g/mol. The minimum absolute atomic E-state index is 0.499. The zero-order valence-corrected chi connectivity index (χ0v) is 11.5. The molecule has 6 nitrogen and oxygen atoms in total.